The van der Waals surface area contributed by atoms with E-state index in [1.54, 1.807) is 11.8 Å². The molecule has 2 aromatic heterocycles. The maximum absolute atomic E-state index is 13.2. The average Bonchev–Trinajstić information content (AvgIpc) is 3.28. The lowest BCUT2D eigenvalue weighted by Gasteiger charge is -2.33. The Bertz CT molecular complexity index is 1130. The summed E-state index contributed by atoms with van der Waals surface area (Å²) in [6.45, 7) is 8.33. The first kappa shape index (κ1) is 23.3. The van der Waals surface area contributed by atoms with Crippen molar-refractivity contribution >= 4 is 28.6 Å². The average molecular weight is 480 g/mol. The Morgan fingerprint density at radius 3 is 2.97 bits per heavy atom. The molecular formula is C26H33N5O2S. The van der Waals surface area contributed by atoms with Crippen molar-refractivity contribution in [2.45, 2.75) is 37.3 Å². The monoisotopic (exact) mass is 479 g/mol. The smallest absolute Gasteiger partial charge is 0.227 e. The van der Waals surface area contributed by atoms with Crippen LogP contribution in [0, 0.1) is 6.92 Å². The van der Waals surface area contributed by atoms with E-state index in [-0.39, 0.29) is 11.8 Å². The van der Waals surface area contributed by atoms with Gasteiger partial charge in [-0.1, -0.05) is 30.0 Å². The van der Waals surface area contributed by atoms with Gasteiger partial charge in [0.2, 0.25) is 5.91 Å². The predicted molar refractivity (Wildman–Crippen MR) is 135 cm³/mol. The number of para-hydroxylation sites is 1. The van der Waals surface area contributed by atoms with Crippen LogP contribution in [0.25, 0.3) is 10.9 Å². The van der Waals surface area contributed by atoms with Gasteiger partial charge in [0, 0.05) is 67.7 Å². The maximum atomic E-state index is 13.2. The van der Waals surface area contributed by atoms with Crippen molar-refractivity contribution < 1.29 is 9.53 Å². The van der Waals surface area contributed by atoms with Gasteiger partial charge in [-0.15, -0.1) is 0 Å². The van der Waals surface area contributed by atoms with Gasteiger partial charge in [-0.25, -0.2) is 9.97 Å². The van der Waals surface area contributed by atoms with Crippen molar-refractivity contribution in [3.63, 3.8) is 0 Å². The summed E-state index contributed by atoms with van der Waals surface area (Å²) < 4.78 is 5.43. The number of ether oxygens (including phenoxy) is 1. The first-order valence-corrected chi connectivity index (χ1v) is 13.2. The molecule has 2 fully saturated rings. The minimum atomic E-state index is 0.196. The van der Waals surface area contributed by atoms with E-state index in [1.807, 2.05) is 29.4 Å². The molecule has 180 valence electrons. The third-order valence-corrected chi connectivity index (χ3v) is 7.75. The number of piperidine rings is 1. The first-order valence-electron chi connectivity index (χ1n) is 12.3. The van der Waals surface area contributed by atoms with E-state index in [0.717, 1.165) is 97.4 Å². The Kier molecular flexibility index (Phi) is 7.47. The normalized spacial score (nSPS) is 19.6. The zero-order valence-corrected chi connectivity index (χ0v) is 20.6. The molecule has 0 unspecified atom stereocenters. The van der Waals surface area contributed by atoms with Gasteiger partial charge in [0.05, 0.1) is 25.3 Å². The quantitative estimate of drug-likeness (QED) is 0.412. The molecule has 1 N–H and O–H groups in total. The zero-order chi connectivity index (χ0) is 23.3. The number of hydrogen-bond donors (Lipinski definition) is 1. The number of thioether (sulfide) groups is 1. The molecule has 2 aliphatic heterocycles. The Hall–Kier alpha value is -2.42. The van der Waals surface area contributed by atoms with E-state index < -0.39 is 0 Å². The number of aryl methyl sites for hydroxylation is 1. The molecule has 4 heterocycles. The number of benzene rings is 1. The van der Waals surface area contributed by atoms with Crippen LogP contribution in [0.15, 0.2) is 41.8 Å². The number of rotatable bonds is 7. The highest BCUT2D eigenvalue weighted by Gasteiger charge is 2.27. The number of likely N-dealkylation sites (tertiary alicyclic amines) is 1. The van der Waals surface area contributed by atoms with Crippen LogP contribution in [0.4, 0.5) is 0 Å². The Morgan fingerprint density at radius 1 is 1.24 bits per heavy atom. The molecule has 3 aromatic rings. The Balaban J connectivity index is 1.21. The van der Waals surface area contributed by atoms with Crippen molar-refractivity contribution in [1.82, 2.24) is 24.8 Å². The van der Waals surface area contributed by atoms with Gasteiger partial charge in [-0.3, -0.25) is 9.69 Å². The molecule has 0 spiro atoms. The molecule has 0 radical (unpaired) electrons. The molecule has 7 nitrogen and oxygen atoms in total. The number of fused-ring (bicyclic) bond motifs is 1. The molecule has 1 atom stereocenters. The summed E-state index contributed by atoms with van der Waals surface area (Å²) in [6, 6.07) is 8.17. The van der Waals surface area contributed by atoms with Gasteiger partial charge in [0.15, 0.2) is 5.16 Å². The third-order valence-electron chi connectivity index (χ3n) is 6.91. The lowest BCUT2D eigenvalue weighted by atomic mass is 9.92. The number of H-pyrrole nitrogens is 1. The van der Waals surface area contributed by atoms with Crippen molar-refractivity contribution in [2.75, 3.05) is 51.7 Å². The van der Waals surface area contributed by atoms with Gasteiger partial charge in [0.25, 0.3) is 0 Å². The number of nitrogens with one attached hydrogen (secondary N) is 1. The van der Waals surface area contributed by atoms with E-state index >= 15 is 0 Å². The van der Waals surface area contributed by atoms with Crippen LogP contribution >= 0.6 is 11.8 Å². The molecule has 8 heteroatoms. The van der Waals surface area contributed by atoms with Crippen LogP contribution < -0.4 is 0 Å². The molecule has 1 aromatic carbocycles. The fraction of sp³-hybridized carbons (Fsp3) is 0.500. The van der Waals surface area contributed by atoms with E-state index in [9.17, 15) is 4.79 Å². The summed E-state index contributed by atoms with van der Waals surface area (Å²) in [7, 11) is 0. The number of carbonyl (C=O) groups excluding carboxylic acids is 1. The fourth-order valence-electron chi connectivity index (χ4n) is 4.99. The van der Waals surface area contributed by atoms with Gasteiger partial charge >= 0.3 is 0 Å². The number of nitrogens with zero attached hydrogens (tertiary/aromatic N) is 4. The Labute approximate surface area is 205 Å². The highest BCUT2D eigenvalue weighted by Crippen LogP contribution is 2.30. The molecule has 1 amide bonds. The van der Waals surface area contributed by atoms with Gasteiger partial charge < -0.3 is 14.6 Å². The topological polar surface area (TPSA) is 74.3 Å². The molecular weight excluding hydrogens is 446 g/mol. The van der Waals surface area contributed by atoms with Crippen molar-refractivity contribution in [3.05, 3.63) is 53.5 Å². The van der Waals surface area contributed by atoms with Crippen LogP contribution in [0.3, 0.4) is 0 Å². The second-order valence-corrected chi connectivity index (χ2v) is 10.3. The second kappa shape index (κ2) is 10.9. The predicted octanol–water partition coefficient (Wildman–Crippen LogP) is 3.64. The van der Waals surface area contributed by atoms with Crippen LogP contribution in [-0.2, 0) is 16.0 Å². The molecule has 2 aliphatic rings. The molecule has 5 rings (SSSR count). The number of amides is 1. The summed E-state index contributed by atoms with van der Waals surface area (Å²) in [5.41, 5.74) is 4.37. The van der Waals surface area contributed by atoms with E-state index in [0.29, 0.717) is 6.42 Å². The molecule has 2 saturated heterocycles. The van der Waals surface area contributed by atoms with E-state index in [2.05, 4.69) is 33.9 Å². The highest BCUT2D eigenvalue weighted by molar-refractivity contribution is 7.99. The summed E-state index contributed by atoms with van der Waals surface area (Å²) >= 11 is 1.72. The Morgan fingerprint density at radius 2 is 2.09 bits per heavy atom. The van der Waals surface area contributed by atoms with E-state index in [4.69, 9.17) is 9.72 Å². The summed E-state index contributed by atoms with van der Waals surface area (Å²) in [5.74, 6) is 1.44. The summed E-state index contributed by atoms with van der Waals surface area (Å²) in [4.78, 5) is 30.5. The fourth-order valence-corrected chi connectivity index (χ4v) is 5.81. The van der Waals surface area contributed by atoms with Gasteiger partial charge in [-0.2, -0.15) is 0 Å². The minimum absolute atomic E-state index is 0.196. The number of hydrogen-bond acceptors (Lipinski definition) is 6. The summed E-state index contributed by atoms with van der Waals surface area (Å²) in [6.07, 6.45) is 6.42. The molecule has 0 aliphatic carbocycles. The first-order chi connectivity index (χ1) is 16.7. The van der Waals surface area contributed by atoms with Crippen LogP contribution in [-0.4, -0.2) is 82.3 Å². The van der Waals surface area contributed by atoms with Crippen LogP contribution in [0.2, 0.25) is 0 Å². The zero-order valence-electron chi connectivity index (χ0n) is 19.8. The largest absolute Gasteiger partial charge is 0.379 e. The van der Waals surface area contributed by atoms with Crippen LogP contribution in [0.5, 0.6) is 0 Å². The maximum Gasteiger partial charge on any atom is 0.227 e. The molecule has 0 saturated carbocycles. The third kappa shape index (κ3) is 5.45. The van der Waals surface area contributed by atoms with Crippen molar-refractivity contribution in [2.24, 2.45) is 0 Å². The SMILES string of the molecule is Cc1cnc(SCCN2CCOCC2)nc1[C@@H]1CCCN(C(=O)Cc2c[nH]c3ccccc23)C1. The number of morpholine rings is 1. The van der Waals surface area contributed by atoms with Gasteiger partial charge in [0.1, 0.15) is 0 Å². The standard InChI is InChI=1S/C26H33N5O2S/c1-19-16-28-26(34-14-11-30-9-12-33-13-10-30)29-25(19)20-5-4-8-31(18-20)24(32)15-21-17-27-23-7-3-2-6-22(21)23/h2-3,6-7,16-17,20,27H,4-5,8-15,18H2,1H3/t20-/m1/s1. The summed E-state index contributed by atoms with van der Waals surface area (Å²) in [5, 5.41) is 1.98. The lowest BCUT2D eigenvalue weighted by molar-refractivity contribution is -0.131. The number of aromatic nitrogens is 3. The van der Waals surface area contributed by atoms with Crippen molar-refractivity contribution in [1.29, 1.82) is 0 Å². The van der Waals surface area contributed by atoms with Crippen LogP contribution in [0.1, 0.15) is 35.6 Å². The minimum Gasteiger partial charge on any atom is -0.379 e. The van der Waals surface area contributed by atoms with Crippen molar-refractivity contribution in [3.8, 4) is 0 Å². The number of carbonyl (C=O) groups is 1. The molecule has 34 heavy (non-hydrogen) atoms. The lowest BCUT2D eigenvalue weighted by Crippen LogP contribution is -2.40. The second-order valence-electron chi connectivity index (χ2n) is 9.24. The van der Waals surface area contributed by atoms with E-state index in [1.165, 1.54) is 0 Å². The van der Waals surface area contributed by atoms with Gasteiger partial charge in [-0.05, 0) is 37.0 Å². The highest BCUT2D eigenvalue weighted by atomic mass is 32.2. The molecule has 0 bridgehead atoms. The number of aromatic amines is 1.